The molecule has 0 aliphatic carbocycles. The number of carbonyl (C=O) groups is 1. The molecule has 0 N–H and O–H groups in total. The van der Waals surface area contributed by atoms with Gasteiger partial charge >= 0.3 is 0 Å². The van der Waals surface area contributed by atoms with Crippen molar-refractivity contribution in [2.75, 3.05) is 13.6 Å². The van der Waals surface area contributed by atoms with Gasteiger partial charge in [-0.2, -0.15) is 0 Å². The van der Waals surface area contributed by atoms with E-state index in [4.69, 9.17) is 4.42 Å². The quantitative estimate of drug-likeness (QED) is 0.677. The highest BCUT2D eigenvalue weighted by molar-refractivity contribution is 5.77. The average Bonchev–Trinajstić information content (AvgIpc) is 2.37. The van der Waals surface area contributed by atoms with Crippen LogP contribution < -0.4 is 0 Å². The standard InChI is InChI=1S/C9H13NO2/c1-8(11)6-10(2)7-9-4-3-5-12-9/h3-5H,6-7H2,1-2H3. The van der Waals surface area contributed by atoms with Crippen molar-refractivity contribution < 1.29 is 9.21 Å². The maximum atomic E-state index is 10.7. The van der Waals surface area contributed by atoms with E-state index in [9.17, 15) is 4.79 Å². The molecule has 0 fully saturated rings. The van der Waals surface area contributed by atoms with Gasteiger partial charge < -0.3 is 4.42 Å². The highest BCUT2D eigenvalue weighted by atomic mass is 16.3. The molecule has 1 aromatic heterocycles. The summed E-state index contributed by atoms with van der Waals surface area (Å²) in [6.07, 6.45) is 1.64. The monoisotopic (exact) mass is 167 g/mol. The largest absolute Gasteiger partial charge is 0.468 e. The molecule has 0 aliphatic heterocycles. The molecule has 0 unspecified atom stereocenters. The van der Waals surface area contributed by atoms with Crippen LogP contribution >= 0.6 is 0 Å². The number of likely N-dealkylation sites (N-methyl/N-ethyl adjacent to an activating group) is 1. The van der Waals surface area contributed by atoms with Crippen LogP contribution in [0.1, 0.15) is 12.7 Å². The van der Waals surface area contributed by atoms with E-state index in [1.54, 1.807) is 13.2 Å². The first kappa shape index (κ1) is 9.00. The Morgan fingerprint density at radius 1 is 1.67 bits per heavy atom. The van der Waals surface area contributed by atoms with Crippen molar-refractivity contribution in [3.05, 3.63) is 24.2 Å². The molecule has 0 atom stereocenters. The summed E-state index contributed by atoms with van der Waals surface area (Å²) in [7, 11) is 1.89. The number of furan rings is 1. The van der Waals surface area contributed by atoms with Gasteiger partial charge in [-0.1, -0.05) is 0 Å². The van der Waals surface area contributed by atoms with Crippen molar-refractivity contribution in [2.45, 2.75) is 13.5 Å². The summed E-state index contributed by atoms with van der Waals surface area (Å²) in [5.74, 6) is 1.06. The van der Waals surface area contributed by atoms with E-state index in [0.29, 0.717) is 13.1 Å². The van der Waals surface area contributed by atoms with Crippen LogP contribution in [-0.2, 0) is 11.3 Å². The summed E-state index contributed by atoms with van der Waals surface area (Å²) < 4.78 is 5.13. The number of Topliss-reactive ketones (excluding diaryl/α,β-unsaturated/α-hetero) is 1. The number of hydrogen-bond donors (Lipinski definition) is 0. The topological polar surface area (TPSA) is 33.5 Å². The van der Waals surface area contributed by atoms with Gasteiger partial charge in [-0.15, -0.1) is 0 Å². The minimum Gasteiger partial charge on any atom is -0.468 e. The molecular formula is C9H13NO2. The molecule has 3 heteroatoms. The zero-order valence-corrected chi connectivity index (χ0v) is 7.41. The van der Waals surface area contributed by atoms with Crippen molar-refractivity contribution in [2.24, 2.45) is 0 Å². The Hall–Kier alpha value is -1.09. The van der Waals surface area contributed by atoms with E-state index in [2.05, 4.69) is 0 Å². The minimum absolute atomic E-state index is 0.170. The number of hydrogen-bond acceptors (Lipinski definition) is 3. The molecule has 1 rings (SSSR count). The Balaban J connectivity index is 2.36. The number of nitrogens with zero attached hydrogens (tertiary/aromatic N) is 1. The van der Waals surface area contributed by atoms with Crippen molar-refractivity contribution in [1.29, 1.82) is 0 Å². The summed E-state index contributed by atoms with van der Waals surface area (Å²) in [6.45, 7) is 2.74. The first-order valence-corrected chi connectivity index (χ1v) is 3.89. The van der Waals surface area contributed by atoms with Crippen LogP contribution in [-0.4, -0.2) is 24.3 Å². The van der Waals surface area contributed by atoms with Crippen molar-refractivity contribution >= 4 is 5.78 Å². The lowest BCUT2D eigenvalue weighted by Crippen LogP contribution is -2.23. The molecule has 0 saturated carbocycles. The second kappa shape index (κ2) is 4.07. The molecule has 0 bridgehead atoms. The van der Waals surface area contributed by atoms with Crippen molar-refractivity contribution in [1.82, 2.24) is 4.90 Å². The Kier molecular flexibility index (Phi) is 3.05. The Morgan fingerprint density at radius 2 is 2.42 bits per heavy atom. The van der Waals surface area contributed by atoms with Crippen LogP contribution in [0.15, 0.2) is 22.8 Å². The van der Waals surface area contributed by atoms with Crippen LogP contribution in [0.3, 0.4) is 0 Å². The molecular weight excluding hydrogens is 154 g/mol. The lowest BCUT2D eigenvalue weighted by Gasteiger charge is -2.11. The van der Waals surface area contributed by atoms with Gasteiger partial charge in [0.15, 0.2) is 0 Å². The molecule has 0 aromatic carbocycles. The van der Waals surface area contributed by atoms with Crippen LogP contribution in [0, 0.1) is 0 Å². The third kappa shape index (κ3) is 2.88. The van der Waals surface area contributed by atoms with Gasteiger partial charge in [-0.25, -0.2) is 0 Å². The first-order chi connectivity index (χ1) is 5.68. The SMILES string of the molecule is CC(=O)CN(C)Cc1ccco1. The lowest BCUT2D eigenvalue weighted by molar-refractivity contribution is -0.117. The summed E-state index contributed by atoms with van der Waals surface area (Å²) in [4.78, 5) is 12.6. The zero-order chi connectivity index (χ0) is 8.97. The molecule has 12 heavy (non-hydrogen) atoms. The highest BCUT2D eigenvalue weighted by Gasteiger charge is 2.03. The average molecular weight is 167 g/mol. The van der Waals surface area contributed by atoms with Gasteiger partial charge in [0.1, 0.15) is 11.5 Å². The fraction of sp³-hybridized carbons (Fsp3) is 0.444. The maximum absolute atomic E-state index is 10.7. The van der Waals surface area contributed by atoms with Gasteiger partial charge in [0, 0.05) is 0 Å². The van der Waals surface area contributed by atoms with E-state index >= 15 is 0 Å². The first-order valence-electron chi connectivity index (χ1n) is 3.89. The Morgan fingerprint density at radius 3 is 2.92 bits per heavy atom. The Bertz CT molecular complexity index is 241. The smallest absolute Gasteiger partial charge is 0.143 e. The van der Waals surface area contributed by atoms with E-state index in [1.807, 2.05) is 24.1 Å². The predicted molar refractivity (Wildman–Crippen MR) is 45.7 cm³/mol. The summed E-state index contributed by atoms with van der Waals surface area (Å²) >= 11 is 0. The lowest BCUT2D eigenvalue weighted by atomic mass is 10.3. The summed E-state index contributed by atoms with van der Waals surface area (Å²) in [5.41, 5.74) is 0. The van der Waals surface area contributed by atoms with E-state index < -0.39 is 0 Å². The second-order valence-electron chi connectivity index (χ2n) is 2.95. The molecule has 1 heterocycles. The maximum Gasteiger partial charge on any atom is 0.143 e. The normalized spacial score (nSPS) is 10.6. The minimum atomic E-state index is 0.170. The van der Waals surface area contributed by atoms with E-state index in [1.165, 1.54) is 0 Å². The molecule has 66 valence electrons. The van der Waals surface area contributed by atoms with Gasteiger partial charge in [0.05, 0.1) is 19.4 Å². The molecule has 0 radical (unpaired) electrons. The van der Waals surface area contributed by atoms with Gasteiger partial charge in [0.2, 0.25) is 0 Å². The van der Waals surface area contributed by atoms with E-state index in [0.717, 1.165) is 5.76 Å². The summed E-state index contributed by atoms with van der Waals surface area (Å²) in [6, 6.07) is 3.74. The number of carbonyl (C=O) groups excluding carboxylic acids is 1. The highest BCUT2D eigenvalue weighted by Crippen LogP contribution is 2.02. The van der Waals surface area contributed by atoms with Crippen LogP contribution in [0.2, 0.25) is 0 Å². The Labute approximate surface area is 72.0 Å². The zero-order valence-electron chi connectivity index (χ0n) is 7.41. The molecule has 0 amide bonds. The number of ketones is 1. The molecule has 1 aromatic rings. The molecule has 3 nitrogen and oxygen atoms in total. The summed E-state index contributed by atoms with van der Waals surface area (Å²) in [5, 5.41) is 0. The number of rotatable bonds is 4. The third-order valence-corrected chi connectivity index (χ3v) is 1.50. The molecule has 0 aliphatic rings. The third-order valence-electron chi connectivity index (χ3n) is 1.50. The van der Waals surface area contributed by atoms with Crippen molar-refractivity contribution in [3.63, 3.8) is 0 Å². The van der Waals surface area contributed by atoms with Crippen LogP contribution in [0.4, 0.5) is 0 Å². The fourth-order valence-corrected chi connectivity index (χ4v) is 1.10. The van der Waals surface area contributed by atoms with Crippen LogP contribution in [0.25, 0.3) is 0 Å². The molecule has 0 spiro atoms. The predicted octanol–water partition coefficient (Wildman–Crippen LogP) is 1.30. The fourth-order valence-electron chi connectivity index (χ4n) is 1.10. The van der Waals surface area contributed by atoms with Crippen LogP contribution in [0.5, 0.6) is 0 Å². The van der Waals surface area contributed by atoms with Gasteiger partial charge in [-0.05, 0) is 26.1 Å². The van der Waals surface area contributed by atoms with Gasteiger partial charge in [0.25, 0.3) is 0 Å². The van der Waals surface area contributed by atoms with E-state index in [-0.39, 0.29) is 5.78 Å². The second-order valence-corrected chi connectivity index (χ2v) is 2.95. The van der Waals surface area contributed by atoms with Crippen molar-refractivity contribution in [3.8, 4) is 0 Å². The van der Waals surface area contributed by atoms with Gasteiger partial charge in [-0.3, -0.25) is 9.69 Å². The molecule has 0 saturated heterocycles.